The van der Waals surface area contributed by atoms with E-state index in [1.54, 1.807) is 6.20 Å². The van der Waals surface area contributed by atoms with Crippen molar-refractivity contribution in [2.45, 2.75) is 39.0 Å². The Hall–Kier alpha value is -3.13. The first-order valence-corrected chi connectivity index (χ1v) is 13.5. The number of hydrogen-bond acceptors (Lipinski definition) is 4. The van der Waals surface area contributed by atoms with Gasteiger partial charge in [-0.2, -0.15) is 9.61 Å². The Morgan fingerprint density at radius 3 is 2.97 bits per heavy atom. The summed E-state index contributed by atoms with van der Waals surface area (Å²) in [5, 5.41) is 11.0. The zero-order valence-electron chi connectivity index (χ0n) is 20.6. The summed E-state index contributed by atoms with van der Waals surface area (Å²) in [6, 6.07) is 2.11. The van der Waals surface area contributed by atoms with Gasteiger partial charge in [0, 0.05) is 47.9 Å². The summed E-state index contributed by atoms with van der Waals surface area (Å²) < 4.78 is 2.68. The van der Waals surface area contributed by atoms with Crippen LogP contribution < -0.4 is 10.6 Å². The molecule has 0 aromatic carbocycles. The molecule has 6 rings (SSSR count). The molecule has 3 aliphatic rings. The van der Waals surface area contributed by atoms with Gasteiger partial charge in [-0.05, 0) is 47.0 Å². The van der Waals surface area contributed by atoms with Gasteiger partial charge in [0.25, 0.3) is 5.91 Å². The van der Waals surface area contributed by atoms with Crippen LogP contribution in [0.25, 0.3) is 11.7 Å². The van der Waals surface area contributed by atoms with E-state index in [9.17, 15) is 4.79 Å². The zero-order valence-corrected chi connectivity index (χ0v) is 22.2. The minimum Gasteiger partial charge on any atom is -0.368 e. The van der Waals surface area contributed by atoms with Gasteiger partial charge in [-0.3, -0.25) is 4.79 Å². The number of rotatable bonds is 7. The highest BCUT2D eigenvalue weighted by Gasteiger charge is 2.46. The molecule has 8 heteroatoms. The van der Waals surface area contributed by atoms with E-state index in [2.05, 4.69) is 93.0 Å². The van der Waals surface area contributed by atoms with Crippen LogP contribution in [0.1, 0.15) is 59.9 Å². The third-order valence-electron chi connectivity index (χ3n) is 7.85. The van der Waals surface area contributed by atoms with E-state index in [1.165, 1.54) is 12.8 Å². The summed E-state index contributed by atoms with van der Waals surface area (Å²) in [7, 11) is 0. The number of carbonyl (C=O) groups excluding carboxylic acids is 1. The van der Waals surface area contributed by atoms with Crippen LogP contribution in [-0.4, -0.2) is 38.6 Å². The minimum absolute atomic E-state index is 0.0600. The van der Waals surface area contributed by atoms with Gasteiger partial charge in [0.05, 0.1) is 21.9 Å². The van der Waals surface area contributed by atoms with Crippen molar-refractivity contribution >= 4 is 39.4 Å². The lowest BCUT2D eigenvalue weighted by molar-refractivity contribution is 0.0955. The number of fused-ring (bicyclic) bond motifs is 2. The van der Waals surface area contributed by atoms with Crippen molar-refractivity contribution in [3.8, 4) is 0 Å². The van der Waals surface area contributed by atoms with Crippen LogP contribution in [0.4, 0.5) is 5.82 Å². The van der Waals surface area contributed by atoms with Gasteiger partial charge < -0.3 is 15.6 Å². The predicted octanol–water partition coefficient (Wildman–Crippen LogP) is 5.49. The second-order valence-electron chi connectivity index (χ2n) is 10.5. The Bertz CT molecular complexity index is 1410. The molecule has 1 fully saturated rings. The van der Waals surface area contributed by atoms with Crippen LogP contribution in [0.5, 0.6) is 0 Å². The molecule has 3 aromatic heterocycles. The van der Waals surface area contributed by atoms with Crippen molar-refractivity contribution in [2.75, 3.05) is 18.4 Å². The van der Waals surface area contributed by atoms with Crippen molar-refractivity contribution in [3.63, 3.8) is 0 Å². The van der Waals surface area contributed by atoms with E-state index < -0.39 is 0 Å². The molecule has 186 valence electrons. The van der Waals surface area contributed by atoms with Crippen molar-refractivity contribution in [3.05, 3.63) is 75.8 Å². The van der Waals surface area contributed by atoms with Gasteiger partial charge in [-0.15, -0.1) is 0 Å². The summed E-state index contributed by atoms with van der Waals surface area (Å²) in [4.78, 5) is 21.1. The van der Waals surface area contributed by atoms with Crippen LogP contribution in [-0.2, 0) is 6.42 Å². The second-order valence-corrected chi connectivity index (χ2v) is 11.3. The molecule has 0 spiro atoms. The third kappa shape index (κ3) is 4.11. The molecule has 1 amide bonds. The SMILES string of the molecule is CC1C=Cc2c(C(=O)NCCNc3cc(C4C=CC=CC4(C)C4CC4)nc4c(Br)cnn34)c[nH]c2C1. The lowest BCUT2D eigenvalue weighted by atomic mass is 9.69. The molecule has 3 aliphatic carbocycles. The molecule has 3 heterocycles. The third-order valence-corrected chi connectivity index (χ3v) is 8.41. The molecule has 0 bridgehead atoms. The molecule has 3 atom stereocenters. The fourth-order valence-corrected chi connectivity index (χ4v) is 5.99. The number of nitrogens with zero attached hydrogens (tertiary/aromatic N) is 3. The molecule has 36 heavy (non-hydrogen) atoms. The lowest BCUT2D eigenvalue weighted by Crippen LogP contribution is -2.30. The molecule has 3 unspecified atom stereocenters. The van der Waals surface area contributed by atoms with E-state index in [-0.39, 0.29) is 17.2 Å². The predicted molar refractivity (Wildman–Crippen MR) is 146 cm³/mol. The highest BCUT2D eigenvalue weighted by atomic mass is 79.9. The summed E-state index contributed by atoms with van der Waals surface area (Å²) in [6.07, 6.45) is 20.2. The average molecular weight is 548 g/mol. The summed E-state index contributed by atoms with van der Waals surface area (Å²) in [5.41, 5.74) is 4.74. The van der Waals surface area contributed by atoms with E-state index in [1.807, 2.05) is 10.7 Å². The Kier molecular flexibility index (Phi) is 5.86. The monoisotopic (exact) mass is 546 g/mol. The highest BCUT2D eigenvalue weighted by molar-refractivity contribution is 9.10. The van der Waals surface area contributed by atoms with Crippen molar-refractivity contribution < 1.29 is 4.79 Å². The number of hydrogen-bond donors (Lipinski definition) is 3. The maximum Gasteiger partial charge on any atom is 0.253 e. The number of amides is 1. The number of aromatic amines is 1. The normalized spacial score (nSPS) is 24.8. The number of allylic oxidation sites excluding steroid dienone is 5. The van der Waals surface area contributed by atoms with E-state index in [4.69, 9.17) is 4.98 Å². The van der Waals surface area contributed by atoms with Crippen molar-refractivity contribution in [2.24, 2.45) is 17.3 Å². The quantitative estimate of drug-likeness (QED) is 0.342. The number of halogens is 1. The summed E-state index contributed by atoms with van der Waals surface area (Å²) >= 11 is 3.61. The number of aromatic nitrogens is 4. The molecule has 0 saturated heterocycles. The molecule has 0 radical (unpaired) electrons. The molecular formula is C28H31BrN6O. The molecular weight excluding hydrogens is 516 g/mol. The molecule has 3 N–H and O–H groups in total. The first kappa shape index (κ1) is 23.3. The number of carbonyl (C=O) groups is 1. The number of nitrogens with one attached hydrogen (secondary N) is 3. The van der Waals surface area contributed by atoms with E-state index in [0.29, 0.717) is 30.5 Å². The Morgan fingerprint density at radius 1 is 1.28 bits per heavy atom. The largest absolute Gasteiger partial charge is 0.368 e. The van der Waals surface area contributed by atoms with Crippen LogP contribution in [0.2, 0.25) is 0 Å². The van der Waals surface area contributed by atoms with Gasteiger partial charge in [0.15, 0.2) is 5.65 Å². The van der Waals surface area contributed by atoms with Crippen LogP contribution in [0.15, 0.2) is 53.3 Å². The zero-order chi connectivity index (χ0) is 24.9. The maximum absolute atomic E-state index is 12.8. The fraction of sp³-hybridized carbons (Fsp3) is 0.393. The van der Waals surface area contributed by atoms with Crippen molar-refractivity contribution in [1.29, 1.82) is 0 Å². The van der Waals surface area contributed by atoms with Gasteiger partial charge in [-0.1, -0.05) is 50.3 Å². The average Bonchev–Trinajstić information content (AvgIpc) is 3.56. The topological polar surface area (TPSA) is 87.1 Å². The molecule has 1 saturated carbocycles. The highest BCUT2D eigenvalue weighted by Crippen LogP contribution is 2.55. The number of anilines is 1. The standard InChI is InChI=1S/C28H31BrN6O/c1-17-6-9-19-20(15-32-23(19)13-17)27(36)31-12-11-30-25-14-24(34-26-22(29)16-33-35(25)26)21-5-3-4-10-28(21,2)18-7-8-18/h3-6,9-10,14-18,21,30,32H,7-8,11-13H2,1-2H3,(H,31,36). The lowest BCUT2D eigenvalue weighted by Gasteiger charge is -2.35. The fourth-order valence-electron chi connectivity index (χ4n) is 5.64. The smallest absolute Gasteiger partial charge is 0.253 e. The number of H-pyrrole nitrogens is 1. The van der Waals surface area contributed by atoms with Crippen LogP contribution in [0, 0.1) is 17.3 Å². The molecule has 7 nitrogen and oxygen atoms in total. The first-order valence-electron chi connectivity index (χ1n) is 12.7. The van der Waals surface area contributed by atoms with E-state index >= 15 is 0 Å². The van der Waals surface area contributed by atoms with Gasteiger partial charge in [0.1, 0.15) is 5.82 Å². The van der Waals surface area contributed by atoms with E-state index in [0.717, 1.165) is 39.3 Å². The summed E-state index contributed by atoms with van der Waals surface area (Å²) in [5.74, 6) is 2.20. The first-order chi connectivity index (χ1) is 17.4. The van der Waals surface area contributed by atoms with Gasteiger partial charge in [0.2, 0.25) is 0 Å². The molecule has 3 aromatic rings. The second kappa shape index (κ2) is 9.07. The van der Waals surface area contributed by atoms with Gasteiger partial charge in [-0.25, -0.2) is 4.98 Å². The Morgan fingerprint density at radius 2 is 2.14 bits per heavy atom. The van der Waals surface area contributed by atoms with Gasteiger partial charge >= 0.3 is 0 Å². The van der Waals surface area contributed by atoms with Crippen LogP contribution in [0.3, 0.4) is 0 Å². The Labute approximate surface area is 219 Å². The van der Waals surface area contributed by atoms with Crippen LogP contribution >= 0.6 is 15.9 Å². The minimum atomic E-state index is -0.0600. The maximum atomic E-state index is 12.8. The summed E-state index contributed by atoms with van der Waals surface area (Å²) in [6.45, 7) is 5.60. The Balaban J connectivity index is 1.18. The van der Waals surface area contributed by atoms with Crippen molar-refractivity contribution in [1.82, 2.24) is 24.9 Å². The molecule has 0 aliphatic heterocycles.